The van der Waals surface area contributed by atoms with Gasteiger partial charge in [0.1, 0.15) is 17.5 Å². The Morgan fingerprint density at radius 1 is 1.24 bits per heavy atom. The molecule has 0 spiro atoms. The highest BCUT2D eigenvalue weighted by Gasteiger charge is 2.07. The summed E-state index contributed by atoms with van der Waals surface area (Å²) in [7, 11) is 0. The van der Waals surface area contributed by atoms with Crippen molar-refractivity contribution in [2.24, 2.45) is 0 Å². The molecule has 0 radical (unpaired) electrons. The van der Waals surface area contributed by atoms with Crippen molar-refractivity contribution in [2.45, 2.75) is 18.5 Å². The van der Waals surface area contributed by atoms with E-state index >= 15 is 0 Å². The van der Waals surface area contributed by atoms with Gasteiger partial charge in [-0.2, -0.15) is 0 Å². The fourth-order valence-electron chi connectivity index (χ4n) is 1.66. The first-order valence-corrected chi connectivity index (χ1v) is 8.11. The van der Waals surface area contributed by atoms with Gasteiger partial charge < -0.3 is 10.6 Å². The van der Waals surface area contributed by atoms with Gasteiger partial charge in [0.05, 0.1) is 5.69 Å². The number of nitrogens with zero attached hydrogens (tertiary/aromatic N) is 2. The summed E-state index contributed by atoms with van der Waals surface area (Å²) >= 11 is 7.31. The Hall–Kier alpha value is -1.53. The molecule has 2 aromatic rings. The minimum Gasteiger partial charge on any atom is -0.370 e. The number of anilines is 3. The Morgan fingerprint density at radius 2 is 2.00 bits per heavy atom. The fourth-order valence-corrected chi connectivity index (χ4v) is 2.21. The zero-order valence-corrected chi connectivity index (χ0v) is 13.4. The van der Waals surface area contributed by atoms with Crippen molar-refractivity contribution in [3.63, 3.8) is 0 Å². The molecule has 2 rings (SSSR count). The van der Waals surface area contributed by atoms with Crippen molar-refractivity contribution in [1.29, 1.82) is 0 Å². The van der Waals surface area contributed by atoms with Gasteiger partial charge in [-0.3, -0.25) is 0 Å². The Bertz CT molecular complexity index is 624. The van der Waals surface area contributed by atoms with Gasteiger partial charge >= 0.3 is 0 Å². The number of thioether (sulfide) groups is 1. The second-order valence-electron chi connectivity index (χ2n) is 4.30. The number of aromatic nitrogens is 2. The molecule has 112 valence electrons. The van der Waals surface area contributed by atoms with Crippen molar-refractivity contribution in [3.05, 3.63) is 35.1 Å². The predicted molar refractivity (Wildman–Crippen MR) is 87.3 cm³/mol. The lowest BCUT2D eigenvalue weighted by molar-refractivity contribution is 0.631. The lowest BCUT2D eigenvalue weighted by Gasteiger charge is -2.11. The number of hydrogen-bond donors (Lipinski definition) is 2. The molecule has 0 saturated heterocycles. The van der Waals surface area contributed by atoms with Gasteiger partial charge in [0, 0.05) is 17.6 Å². The number of nitrogens with one attached hydrogen (secondary N) is 2. The zero-order valence-electron chi connectivity index (χ0n) is 11.8. The minimum atomic E-state index is -0.383. The monoisotopic (exact) mass is 326 g/mol. The molecular weight excluding hydrogens is 311 g/mol. The molecule has 0 aliphatic rings. The van der Waals surface area contributed by atoms with Crippen LogP contribution in [0.2, 0.25) is 5.02 Å². The first-order valence-electron chi connectivity index (χ1n) is 6.51. The lowest BCUT2D eigenvalue weighted by Crippen LogP contribution is -2.05. The van der Waals surface area contributed by atoms with Crippen LogP contribution in [0.5, 0.6) is 0 Å². The highest BCUT2D eigenvalue weighted by Crippen LogP contribution is 2.25. The highest BCUT2D eigenvalue weighted by atomic mass is 35.5. The standard InChI is InChI=1S/C14H16ClFN4S/c1-3-6-17-12-8-13(20-14(19-12)21-2)18-11-7-9(15)4-5-10(11)16/h4-5,7-8H,3,6H2,1-2H3,(H2,17,18,19,20). The highest BCUT2D eigenvalue weighted by molar-refractivity contribution is 7.98. The van der Waals surface area contributed by atoms with Crippen LogP contribution < -0.4 is 10.6 Å². The largest absolute Gasteiger partial charge is 0.370 e. The SMILES string of the molecule is CCCNc1cc(Nc2cc(Cl)ccc2F)nc(SC)n1. The second kappa shape index (κ2) is 7.47. The van der Waals surface area contributed by atoms with Crippen molar-refractivity contribution in [3.8, 4) is 0 Å². The summed E-state index contributed by atoms with van der Waals surface area (Å²) in [5.41, 5.74) is 0.287. The van der Waals surface area contributed by atoms with E-state index in [1.165, 1.54) is 30.0 Å². The van der Waals surface area contributed by atoms with Crippen molar-refractivity contribution >= 4 is 40.7 Å². The van der Waals surface area contributed by atoms with E-state index in [0.717, 1.165) is 13.0 Å². The first kappa shape index (κ1) is 15.9. The number of hydrogen-bond acceptors (Lipinski definition) is 5. The molecule has 21 heavy (non-hydrogen) atoms. The second-order valence-corrected chi connectivity index (χ2v) is 5.51. The Labute approximate surface area is 132 Å². The Morgan fingerprint density at radius 3 is 2.71 bits per heavy atom. The number of rotatable bonds is 6. The van der Waals surface area contributed by atoms with Gasteiger partial charge in [0.15, 0.2) is 5.16 Å². The molecule has 0 saturated carbocycles. The molecule has 1 aromatic carbocycles. The van der Waals surface area contributed by atoms with Gasteiger partial charge in [0.2, 0.25) is 0 Å². The number of halogens is 2. The summed E-state index contributed by atoms with van der Waals surface area (Å²) in [6.07, 6.45) is 2.88. The Balaban J connectivity index is 2.27. The first-order chi connectivity index (χ1) is 10.1. The molecule has 4 nitrogen and oxygen atoms in total. The molecule has 0 amide bonds. The summed E-state index contributed by atoms with van der Waals surface area (Å²) < 4.78 is 13.8. The molecular formula is C14H16ClFN4S. The normalized spacial score (nSPS) is 10.5. The third-order valence-corrected chi connectivity index (χ3v) is 3.42. The quantitative estimate of drug-likeness (QED) is 0.602. The van der Waals surface area contributed by atoms with E-state index in [9.17, 15) is 4.39 Å². The van der Waals surface area contributed by atoms with Crippen LogP contribution in [-0.4, -0.2) is 22.8 Å². The van der Waals surface area contributed by atoms with Gasteiger partial charge in [0.25, 0.3) is 0 Å². The van der Waals surface area contributed by atoms with E-state index in [-0.39, 0.29) is 11.5 Å². The molecule has 1 aromatic heterocycles. The molecule has 0 aliphatic heterocycles. The molecule has 0 aliphatic carbocycles. The lowest BCUT2D eigenvalue weighted by atomic mass is 10.3. The molecule has 0 atom stereocenters. The van der Waals surface area contributed by atoms with E-state index in [2.05, 4.69) is 27.5 Å². The van der Waals surface area contributed by atoms with Gasteiger partial charge in [-0.05, 0) is 30.9 Å². The zero-order chi connectivity index (χ0) is 15.2. The molecule has 0 unspecified atom stereocenters. The molecule has 1 heterocycles. The number of benzene rings is 1. The average molecular weight is 327 g/mol. The van der Waals surface area contributed by atoms with Crippen LogP contribution >= 0.6 is 23.4 Å². The van der Waals surface area contributed by atoms with Crippen LogP contribution in [-0.2, 0) is 0 Å². The maximum absolute atomic E-state index is 13.8. The van der Waals surface area contributed by atoms with Gasteiger partial charge in [-0.15, -0.1) is 0 Å². The summed E-state index contributed by atoms with van der Waals surface area (Å²) in [6.45, 7) is 2.89. The maximum Gasteiger partial charge on any atom is 0.191 e. The maximum atomic E-state index is 13.8. The van der Waals surface area contributed by atoms with Gasteiger partial charge in [-0.1, -0.05) is 30.3 Å². The molecule has 2 N–H and O–H groups in total. The van der Waals surface area contributed by atoms with Crippen LogP contribution in [0, 0.1) is 5.82 Å². The minimum absolute atomic E-state index is 0.287. The van der Waals surface area contributed by atoms with Crippen molar-refractivity contribution in [1.82, 2.24) is 9.97 Å². The third kappa shape index (κ3) is 4.47. The molecule has 0 bridgehead atoms. The fraction of sp³-hybridized carbons (Fsp3) is 0.286. The van der Waals surface area contributed by atoms with E-state index in [0.29, 0.717) is 21.8 Å². The summed E-state index contributed by atoms with van der Waals surface area (Å²) in [6, 6.07) is 6.09. The van der Waals surface area contributed by atoms with Crippen LogP contribution in [0.15, 0.2) is 29.4 Å². The smallest absolute Gasteiger partial charge is 0.191 e. The van der Waals surface area contributed by atoms with Crippen LogP contribution in [0.1, 0.15) is 13.3 Å². The van der Waals surface area contributed by atoms with E-state index in [1.807, 2.05) is 6.26 Å². The average Bonchev–Trinajstić information content (AvgIpc) is 2.48. The van der Waals surface area contributed by atoms with E-state index < -0.39 is 0 Å². The van der Waals surface area contributed by atoms with Crippen LogP contribution in [0.25, 0.3) is 0 Å². The van der Waals surface area contributed by atoms with Crippen LogP contribution in [0.4, 0.5) is 21.7 Å². The summed E-state index contributed by atoms with van der Waals surface area (Å²) in [4.78, 5) is 8.67. The van der Waals surface area contributed by atoms with Crippen molar-refractivity contribution < 1.29 is 4.39 Å². The third-order valence-electron chi connectivity index (χ3n) is 2.64. The van der Waals surface area contributed by atoms with Crippen molar-refractivity contribution in [2.75, 3.05) is 23.4 Å². The van der Waals surface area contributed by atoms with Crippen LogP contribution in [0.3, 0.4) is 0 Å². The molecule has 0 fully saturated rings. The van der Waals surface area contributed by atoms with Gasteiger partial charge in [-0.25, -0.2) is 14.4 Å². The van der Waals surface area contributed by atoms with E-state index in [1.54, 1.807) is 6.07 Å². The Kier molecular flexibility index (Phi) is 5.64. The van der Waals surface area contributed by atoms with E-state index in [4.69, 9.17) is 11.6 Å². The topological polar surface area (TPSA) is 49.8 Å². The summed E-state index contributed by atoms with van der Waals surface area (Å²) in [5.74, 6) is 0.849. The predicted octanol–water partition coefficient (Wildman–Crippen LogP) is 4.56. The molecule has 7 heteroatoms. The summed E-state index contributed by atoms with van der Waals surface area (Å²) in [5, 5.41) is 7.21.